The van der Waals surface area contributed by atoms with E-state index >= 15 is 0 Å². The number of aromatic nitrogens is 1. The predicted octanol–water partition coefficient (Wildman–Crippen LogP) is 4.15. The summed E-state index contributed by atoms with van der Waals surface area (Å²) in [6, 6.07) is 4.14. The molecule has 1 amide bonds. The van der Waals surface area contributed by atoms with Gasteiger partial charge in [-0.1, -0.05) is 19.1 Å². The molecule has 21 heavy (non-hydrogen) atoms. The van der Waals surface area contributed by atoms with Gasteiger partial charge >= 0.3 is 0 Å². The zero-order chi connectivity index (χ0) is 15.0. The number of thiophene rings is 1. The van der Waals surface area contributed by atoms with Crippen molar-refractivity contribution in [1.29, 1.82) is 0 Å². The number of hydrogen-bond donors (Lipinski definition) is 0. The monoisotopic (exact) mass is 302 g/mol. The molecule has 3 nitrogen and oxygen atoms in total. The number of rotatable bonds is 3. The molecule has 3 heterocycles. The second-order valence-electron chi connectivity index (χ2n) is 6.22. The van der Waals surface area contributed by atoms with Gasteiger partial charge in [0.05, 0.1) is 10.2 Å². The Morgan fingerprint density at radius 1 is 1.43 bits per heavy atom. The van der Waals surface area contributed by atoms with Crippen molar-refractivity contribution in [2.24, 2.45) is 5.92 Å². The Kier molecular flexibility index (Phi) is 3.89. The van der Waals surface area contributed by atoms with Crippen molar-refractivity contribution in [3.63, 3.8) is 0 Å². The lowest BCUT2D eigenvalue weighted by atomic mass is 9.99. The van der Waals surface area contributed by atoms with Crippen molar-refractivity contribution in [1.82, 2.24) is 9.47 Å². The van der Waals surface area contributed by atoms with Crippen LogP contribution in [0.25, 0.3) is 10.2 Å². The summed E-state index contributed by atoms with van der Waals surface area (Å²) in [5, 5.41) is 2.08. The quantitative estimate of drug-likeness (QED) is 0.782. The van der Waals surface area contributed by atoms with Gasteiger partial charge in [0.25, 0.3) is 5.91 Å². The number of likely N-dealkylation sites (tertiary alicyclic amines) is 1. The van der Waals surface area contributed by atoms with E-state index in [9.17, 15) is 4.79 Å². The largest absolute Gasteiger partial charge is 0.337 e. The number of piperidine rings is 1. The third-order valence-corrected chi connectivity index (χ3v) is 5.09. The maximum absolute atomic E-state index is 12.9. The maximum Gasteiger partial charge on any atom is 0.270 e. The minimum absolute atomic E-state index is 0.173. The zero-order valence-corrected chi connectivity index (χ0v) is 13.6. The van der Waals surface area contributed by atoms with E-state index in [0.717, 1.165) is 48.6 Å². The number of nitrogens with zero attached hydrogens (tertiary/aromatic N) is 2. The van der Waals surface area contributed by atoms with Gasteiger partial charge in [-0.25, -0.2) is 0 Å². The van der Waals surface area contributed by atoms with Crippen LogP contribution in [0.4, 0.5) is 0 Å². The highest BCUT2D eigenvalue weighted by Gasteiger charge is 2.25. The molecular weight excluding hydrogens is 280 g/mol. The normalized spacial score (nSPS) is 16.6. The molecule has 3 rings (SSSR count). The van der Waals surface area contributed by atoms with Gasteiger partial charge in [0, 0.05) is 19.6 Å². The van der Waals surface area contributed by atoms with E-state index in [2.05, 4.69) is 29.5 Å². The Morgan fingerprint density at radius 2 is 2.14 bits per heavy atom. The van der Waals surface area contributed by atoms with Crippen LogP contribution in [-0.4, -0.2) is 28.5 Å². The molecule has 2 aromatic rings. The molecule has 1 saturated heterocycles. The third kappa shape index (κ3) is 2.77. The molecule has 1 aliphatic heterocycles. The second-order valence-corrected chi connectivity index (χ2v) is 7.17. The molecule has 112 valence electrons. The molecule has 1 fully saturated rings. The van der Waals surface area contributed by atoms with Crippen LogP contribution < -0.4 is 0 Å². The van der Waals surface area contributed by atoms with Gasteiger partial charge in [0.2, 0.25) is 0 Å². The molecule has 0 radical (unpaired) electrons. The molecule has 0 N–H and O–H groups in total. The number of carbonyl (C=O) groups is 1. The van der Waals surface area contributed by atoms with Crippen LogP contribution in [0, 0.1) is 5.92 Å². The van der Waals surface area contributed by atoms with E-state index in [1.54, 1.807) is 11.3 Å². The summed E-state index contributed by atoms with van der Waals surface area (Å²) < 4.78 is 3.30. The summed E-state index contributed by atoms with van der Waals surface area (Å²) in [6.07, 6.45) is 2.22. The third-order valence-electron chi connectivity index (χ3n) is 4.24. The SMILES string of the molecule is C=C(C)Cn1c(C(=O)N2CCC(C)CC2)cc2sccc21. The van der Waals surface area contributed by atoms with Crippen LogP contribution in [0.2, 0.25) is 0 Å². The van der Waals surface area contributed by atoms with Gasteiger partial charge in [-0.2, -0.15) is 0 Å². The molecule has 0 spiro atoms. The summed E-state index contributed by atoms with van der Waals surface area (Å²) in [4.78, 5) is 14.9. The van der Waals surface area contributed by atoms with Crippen molar-refractivity contribution in [2.75, 3.05) is 13.1 Å². The first-order chi connectivity index (χ1) is 10.1. The summed E-state index contributed by atoms with van der Waals surface area (Å²) in [5.74, 6) is 0.909. The molecule has 0 atom stereocenters. The van der Waals surface area contributed by atoms with Crippen LogP contribution in [0.3, 0.4) is 0 Å². The van der Waals surface area contributed by atoms with Crippen LogP contribution in [0.1, 0.15) is 37.2 Å². The highest BCUT2D eigenvalue weighted by Crippen LogP contribution is 2.28. The Labute approximate surface area is 129 Å². The van der Waals surface area contributed by atoms with Crippen molar-refractivity contribution >= 4 is 27.5 Å². The van der Waals surface area contributed by atoms with E-state index in [1.807, 2.05) is 17.9 Å². The molecule has 0 saturated carbocycles. The predicted molar refractivity (Wildman–Crippen MR) is 88.9 cm³/mol. The Bertz CT molecular complexity index is 674. The smallest absolute Gasteiger partial charge is 0.270 e. The van der Waals surface area contributed by atoms with E-state index in [1.165, 1.54) is 4.70 Å². The topological polar surface area (TPSA) is 25.2 Å². The van der Waals surface area contributed by atoms with Gasteiger partial charge in [-0.15, -0.1) is 11.3 Å². The van der Waals surface area contributed by atoms with Crippen molar-refractivity contribution in [3.05, 3.63) is 35.4 Å². The molecule has 0 aliphatic carbocycles. The van der Waals surface area contributed by atoms with E-state index < -0.39 is 0 Å². The van der Waals surface area contributed by atoms with Crippen LogP contribution in [0.15, 0.2) is 29.7 Å². The van der Waals surface area contributed by atoms with Crippen molar-refractivity contribution in [3.8, 4) is 0 Å². The van der Waals surface area contributed by atoms with Gasteiger partial charge in [0.15, 0.2) is 0 Å². The Balaban J connectivity index is 1.93. The highest BCUT2D eigenvalue weighted by atomic mass is 32.1. The average Bonchev–Trinajstić information content (AvgIpc) is 3.01. The minimum atomic E-state index is 0.173. The molecular formula is C17H22N2OS. The first-order valence-electron chi connectivity index (χ1n) is 7.56. The van der Waals surface area contributed by atoms with Crippen LogP contribution >= 0.6 is 11.3 Å². The number of hydrogen-bond acceptors (Lipinski definition) is 2. The van der Waals surface area contributed by atoms with Crippen molar-refractivity contribution < 1.29 is 4.79 Å². The number of carbonyl (C=O) groups excluding carboxylic acids is 1. The minimum Gasteiger partial charge on any atom is -0.337 e. The molecule has 0 unspecified atom stereocenters. The summed E-state index contributed by atoms with van der Waals surface area (Å²) >= 11 is 1.69. The fourth-order valence-electron chi connectivity index (χ4n) is 2.97. The van der Waals surface area contributed by atoms with E-state index in [-0.39, 0.29) is 5.91 Å². The molecule has 4 heteroatoms. The molecule has 2 aromatic heterocycles. The number of amides is 1. The van der Waals surface area contributed by atoms with Crippen molar-refractivity contribution in [2.45, 2.75) is 33.2 Å². The fraction of sp³-hybridized carbons (Fsp3) is 0.471. The lowest BCUT2D eigenvalue weighted by Gasteiger charge is -2.30. The highest BCUT2D eigenvalue weighted by molar-refractivity contribution is 7.17. The molecule has 0 bridgehead atoms. The second kappa shape index (κ2) is 5.68. The lowest BCUT2D eigenvalue weighted by Crippen LogP contribution is -2.38. The van der Waals surface area contributed by atoms with Crippen LogP contribution in [-0.2, 0) is 6.54 Å². The zero-order valence-electron chi connectivity index (χ0n) is 12.8. The Hall–Kier alpha value is -1.55. The van der Waals surface area contributed by atoms with Gasteiger partial charge in [0.1, 0.15) is 5.69 Å². The average molecular weight is 302 g/mol. The first kappa shape index (κ1) is 14.4. The van der Waals surface area contributed by atoms with Gasteiger partial charge < -0.3 is 9.47 Å². The van der Waals surface area contributed by atoms with Crippen LogP contribution in [0.5, 0.6) is 0 Å². The number of fused-ring (bicyclic) bond motifs is 1. The van der Waals surface area contributed by atoms with Gasteiger partial charge in [-0.3, -0.25) is 4.79 Å². The van der Waals surface area contributed by atoms with E-state index in [0.29, 0.717) is 6.54 Å². The summed E-state index contributed by atoms with van der Waals surface area (Å²) in [5.41, 5.74) is 3.03. The van der Waals surface area contributed by atoms with Gasteiger partial charge in [-0.05, 0) is 43.2 Å². The summed E-state index contributed by atoms with van der Waals surface area (Å²) in [6.45, 7) is 10.8. The van der Waals surface area contributed by atoms with E-state index in [4.69, 9.17) is 0 Å². The lowest BCUT2D eigenvalue weighted by molar-refractivity contribution is 0.0687. The number of allylic oxidation sites excluding steroid dienone is 1. The molecule has 0 aromatic carbocycles. The maximum atomic E-state index is 12.9. The fourth-order valence-corrected chi connectivity index (χ4v) is 3.79. The molecule has 1 aliphatic rings. The Morgan fingerprint density at radius 3 is 2.81 bits per heavy atom. The first-order valence-corrected chi connectivity index (χ1v) is 8.44. The summed E-state index contributed by atoms with van der Waals surface area (Å²) in [7, 11) is 0. The standard InChI is InChI=1S/C17H22N2OS/c1-12(2)11-19-14-6-9-21-16(14)10-15(19)17(20)18-7-4-13(3)5-8-18/h6,9-10,13H,1,4-5,7-8,11H2,2-3H3.